The van der Waals surface area contributed by atoms with Gasteiger partial charge in [-0.15, -0.1) is 0 Å². The van der Waals surface area contributed by atoms with Crippen molar-refractivity contribution in [1.29, 1.82) is 0 Å². The third-order valence-corrected chi connectivity index (χ3v) is 13.6. The minimum absolute atomic E-state index is 0.0736. The van der Waals surface area contributed by atoms with Crippen molar-refractivity contribution >= 4 is 33.3 Å². The molecule has 0 saturated carbocycles. The lowest BCUT2D eigenvalue weighted by Gasteiger charge is -2.53. The number of rotatable bonds is 17. The van der Waals surface area contributed by atoms with E-state index in [1.54, 1.807) is 6.92 Å². The van der Waals surface area contributed by atoms with Gasteiger partial charge in [0, 0.05) is 73.5 Å². The van der Waals surface area contributed by atoms with Gasteiger partial charge in [0.1, 0.15) is 19.0 Å². The van der Waals surface area contributed by atoms with Crippen LogP contribution in [0.2, 0.25) is 0 Å². The van der Waals surface area contributed by atoms with Crippen molar-refractivity contribution in [1.82, 2.24) is 0 Å². The number of carbonyl (C=O) groups is 4. The van der Waals surface area contributed by atoms with Gasteiger partial charge in [-0.2, -0.15) is 0 Å². The van der Waals surface area contributed by atoms with Crippen LogP contribution in [0.5, 0.6) is 0 Å². The molecule has 4 heterocycles. The number of hydrogen-bond donors (Lipinski definition) is 0. The Morgan fingerprint density at radius 3 is 2.29 bits per heavy atom. The second-order valence-corrected chi connectivity index (χ2v) is 19.5. The zero-order valence-electron chi connectivity index (χ0n) is 41.3. The van der Waals surface area contributed by atoms with E-state index in [-0.39, 0.29) is 50.7 Å². The molecule has 3 fully saturated rings. The highest BCUT2D eigenvalue weighted by molar-refractivity contribution is 7.09. The molecule has 0 N–H and O–H groups in total. The quantitative estimate of drug-likeness (QED) is 0.0276. The zero-order chi connectivity index (χ0) is 49.3. The molecule has 12 atom stereocenters. The maximum atomic E-state index is 14.1. The SMILES string of the molecule is C=C1C[C@H]2C[C@H]3C[C@@H](OC(C)=O)C[C@@H](C[C@@H](OP)CC(=O)O[C@@H]([C@@H](C)OCOCc4ccccc4)C[C@@H]4C/C(=C\C(=O)OC)[C@H](OC(=O)CCCCCCC)[C@@](OC)(O4)C(C)(C)/C=C/[C@@H](C1)O2)O3. The van der Waals surface area contributed by atoms with Gasteiger partial charge < -0.3 is 51.9 Å². The molecule has 0 radical (unpaired) electrons. The molecular weight excluding hydrogens is 896 g/mol. The molecule has 0 aliphatic carbocycles. The second-order valence-electron chi connectivity index (χ2n) is 19.2. The van der Waals surface area contributed by atoms with Crippen LogP contribution in [0.3, 0.4) is 0 Å². The molecule has 5 rings (SSSR count). The van der Waals surface area contributed by atoms with Gasteiger partial charge in [-0.05, 0) is 43.7 Å². The summed E-state index contributed by atoms with van der Waals surface area (Å²) in [6.45, 7) is 13.7. The first kappa shape index (κ1) is 55.4. The molecule has 1 unspecified atom stereocenters. The molecule has 15 nitrogen and oxygen atoms in total. The highest BCUT2D eigenvalue weighted by atomic mass is 31.0. The van der Waals surface area contributed by atoms with E-state index in [4.69, 9.17) is 51.9 Å². The first-order valence-electron chi connectivity index (χ1n) is 24.4. The Bertz CT molecular complexity index is 1850. The van der Waals surface area contributed by atoms with Gasteiger partial charge in [-0.25, -0.2) is 4.79 Å². The monoisotopic (exact) mass is 973 g/mol. The number of esters is 4. The Balaban J connectivity index is 1.55. The highest BCUT2D eigenvalue weighted by Gasteiger charge is 2.59. The van der Waals surface area contributed by atoms with Crippen LogP contribution in [0.1, 0.15) is 136 Å². The highest BCUT2D eigenvalue weighted by Crippen LogP contribution is 2.49. The van der Waals surface area contributed by atoms with E-state index in [1.807, 2.05) is 56.3 Å². The number of hydrogen-bond acceptors (Lipinski definition) is 15. The third-order valence-electron chi connectivity index (χ3n) is 13.3. The molecule has 0 aromatic heterocycles. The molecule has 16 heteroatoms. The number of carbonyl (C=O) groups excluding carboxylic acids is 4. The van der Waals surface area contributed by atoms with Crippen molar-refractivity contribution in [2.75, 3.05) is 21.0 Å². The van der Waals surface area contributed by atoms with Crippen LogP contribution < -0.4 is 0 Å². The van der Waals surface area contributed by atoms with Crippen molar-refractivity contribution in [3.05, 3.63) is 71.8 Å². The van der Waals surface area contributed by atoms with E-state index < -0.39 is 77.9 Å². The van der Waals surface area contributed by atoms with E-state index in [9.17, 15) is 19.2 Å². The molecule has 68 heavy (non-hydrogen) atoms. The van der Waals surface area contributed by atoms with Gasteiger partial charge in [0.2, 0.25) is 5.79 Å². The van der Waals surface area contributed by atoms with E-state index in [1.165, 1.54) is 27.2 Å². The molecule has 0 spiro atoms. The maximum Gasteiger partial charge on any atom is 0.330 e. The van der Waals surface area contributed by atoms with E-state index in [0.717, 1.165) is 36.8 Å². The normalized spacial score (nSPS) is 31.7. The van der Waals surface area contributed by atoms with Crippen LogP contribution in [0.25, 0.3) is 0 Å². The number of fused-ring (bicyclic) bond motifs is 6. The van der Waals surface area contributed by atoms with Crippen molar-refractivity contribution in [3.8, 4) is 0 Å². The van der Waals surface area contributed by atoms with E-state index in [2.05, 4.69) is 23.0 Å². The van der Waals surface area contributed by atoms with Crippen LogP contribution in [0, 0.1) is 5.41 Å². The maximum absolute atomic E-state index is 14.1. The molecule has 0 amide bonds. The topological polar surface area (TPSA) is 170 Å². The Labute approximate surface area is 405 Å². The molecule has 4 aliphatic heterocycles. The number of unbranched alkanes of at least 4 members (excludes halogenated alkanes) is 4. The summed E-state index contributed by atoms with van der Waals surface area (Å²) in [7, 11) is 5.03. The average Bonchev–Trinajstić information content (AvgIpc) is 3.29. The van der Waals surface area contributed by atoms with Crippen LogP contribution in [0.15, 0.2) is 66.3 Å². The Hall–Kier alpha value is -3.53. The first-order chi connectivity index (χ1) is 32.6. The van der Waals surface area contributed by atoms with Gasteiger partial charge in [0.15, 0.2) is 6.10 Å². The lowest BCUT2D eigenvalue weighted by molar-refractivity contribution is -0.338. The van der Waals surface area contributed by atoms with Crippen LogP contribution in [0.4, 0.5) is 0 Å². The predicted molar refractivity (Wildman–Crippen MR) is 256 cm³/mol. The molecule has 1 aromatic carbocycles. The van der Waals surface area contributed by atoms with Crippen molar-refractivity contribution in [3.63, 3.8) is 0 Å². The molecule has 3 saturated heterocycles. The largest absolute Gasteiger partial charge is 0.466 e. The fourth-order valence-corrected chi connectivity index (χ4v) is 9.99. The fourth-order valence-electron chi connectivity index (χ4n) is 9.78. The van der Waals surface area contributed by atoms with Gasteiger partial charge in [-0.3, -0.25) is 14.4 Å². The summed E-state index contributed by atoms with van der Waals surface area (Å²) in [5, 5.41) is 0. The lowest BCUT2D eigenvalue weighted by Crippen LogP contribution is -2.63. The predicted octanol–water partition coefficient (Wildman–Crippen LogP) is 8.90. The summed E-state index contributed by atoms with van der Waals surface area (Å²) in [5.41, 5.74) is 1.31. The number of methoxy groups -OCH3 is 2. The molecule has 380 valence electrons. The van der Waals surface area contributed by atoms with Crippen LogP contribution >= 0.6 is 9.47 Å². The van der Waals surface area contributed by atoms with Gasteiger partial charge in [0.05, 0.1) is 62.9 Å². The van der Waals surface area contributed by atoms with E-state index >= 15 is 0 Å². The van der Waals surface area contributed by atoms with Gasteiger partial charge >= 0.3 is 23.9 Å². The van der Waals surface area contributed by atoms with E-state index in [0.29, 0.717) is 57.1 Å². The minimum Gasteiger partial charge on any atom is -0.466 e. The number of cyclic esters (lactones) is 1. The second kappa shape index (κ2) is 27.2. The van der Waals surface area contributed by atoms with Crippen molar-refractivity contribution in [2.24, 2.45) is 5.41 Å². The van der Waals surface area contributed by atoms with Crippen LogP contribution in [-0.2, 0) is 77.7 Å². The Morgan fingerprint density at radius 1 is 0.882 bits per heavy atom. The first-order valence-corrected chi connectivity index (χ1v) is 24.9. The number of ether oxygens (including phenoxy) is 10. The lowest BCUT2D eigenvalue weighted by atomic mass is 9.73. The molecule has 1 aromatic rings. The minimum atomic E-state index is -1.73. The summed E-state index contributed by atoms with van der Waals surface area (Å²) in [6, 6.07) is 9.68. The molecular formula is C52H77O15P. The fraction of sp³-hybridized carbons (Fsp3) is 0.692. The standard InChI is InChI=1S/C52H77O15P/c1-9-10-11-12-16-19-47(54)65-50-38(25-48(55)57-7)24-44-30-46(35(3)60-33-59-32-37-17-14-13-15-18-37)64-49(56)31-45(67-68)29-43-28-41(61-36(4)53)27-42(63-43)26-40-23-34(2)22-39(62-40)20-21-51(5,6)52(50,58-8)66-44/h13-15,17-18,20-21,25,35,39-46,50H,2,9-12,16,19,22-24,26-33,68H2,1,3-8H3/b21-20+,38-25+/t35-,39+,40+,41-,42+,43+,44+,45-,46-,50+,52-/m1/s1. The zero-order valence-corrected chi connectivity index (χ0v) is 42.5. The molecule has 4 aliphatic rings. The summed E-state index contributed by atoms with van der Waals surface area (Å²) in [6.07, 6.45) is 6.99. The number of benzene rings is 1. The summed E-state index contributed by atoms with van der Waals surface area (Å²) in [5.74, 6) is -3.78. The Kier molecular flexibility index (Phi) is 22.1. The van der Waals surface area contributed by atoms with Gasteiger partial charge in [-0.1, -0.05) is 101 Å². The van der Waals surface area contributed by atoms with Crippen LogP contribution in [-0.4, -0.2) is 112 Å². The Morgan fingerprint density at radius 2 is 1.60 bits per heavy atom. The third kappa shape index (κ3) is 16.5. The van der Waals surface area contributed by atoms with Gasteiger partial charge in [0.25, 0.3) is 0 Å². The summed E-state index contributed by atoms with van der Waals surface area (Å²) >= 11 is 0. The summed E-state index contributed by atoms with van der Waals surface area (Å²) in [4.78, 5) is 53.4. The average molecular weight is 973 g/mol. The summed E-state index contributed by atoms with van der Waals surface area (Å²) < 4.78 is 68.5. The molecule has 6 bridgehead atoms. The smallest absolute Gasteiger partial charge is 0.330 e. The van der Waals surface area contributed by atoms with Crippen molar-refractivity contribution < 1.29 is 71.1 Å². The van der Waals surface area contributed by atoms with Crippen molar-refractivity contribution in [2.45, 2.75) is 204 Å².